The van der Waals surface area contributed by atoms with E-state index < -0.39 is 41.0 Å². The van der Waals surface area contributed by atoms with Gasteiger partial charge in [0.15, 0.2) is 0 Å². The predicted octanol–water partition coefficient (Wildman–Crippen LogP) is 4.66. The van der Waals surface area contributed by atoms with Crippen LogP contribution in [0.2, 0.25) is 5.02 Å². The van der Waals surface area contributed by atoms with Crippen LogP contribution in [0.4, 0.5) is 11.4 Å². The van der Waals surface area contributed by atoms with E-state index in [0.717, 1.165) is 0 Å². The standard InChI is InChI=1S/C27H25ClN2O4/c1-27(34)16-21(31)23(25(32)29-19-8-4-2-5-9-19)22(17-12-14-18(28)15-13-17)24(27)26(33)30-20-10-6-3-7-11-20/h2-15,22-24,34H,16H2,1H3,(H,29,32)(H,30,33)/t22-,23-,24-,27-/m0/s1. The summed E-state index contributed by atoms with van der Waals surface area (Å²) in [6, 6.07) is 24.3. The lowest BCUT2D eigenvalue weighted by Crippen LogP contribution is -2.56. The third-order valence-corrected chi connectivity index (χ3v) is 6.42. The molecule has 4 rings (SSSR count). The van der Waals surface area contributed by atoms with Gasteiger partial charge >= 0.3 is 0 Å². The van der Waals surface area contributed by atoms with E-state index in [-0.39, 0.29) is 6.42 Å². The number of carbonyl (C=O) groups is 3. The smallest absolute Gasteiger partial charge is 0.235 e. The van der Waals surface area contributed by atoms with Crippen LogP contribution in [-0.4, -0.2) is 28.3 Å². The first-order chi connectivity index (χ1) is 16.3. The second-order valence-corrected chi connectivity index (χ2v) is 9.18. The van der Waals surface area contributed by atoms with Crippen LogP contribution >= 0.6 is 11.6 Å². The zero-order valence-electron chi connectivity index (χ0n) is 18.6. The van der Waals surface area contributed by atoms with Gasteiger partial charge in [-0.1, -0.05) is 60.1 Å². The van der Waals surface area contributed by atoms with Gasteiger partial charge in [0.2, 0.25) is 11.8 Å². The molecule has 1 fully saturated rings. The second-order valence-electron chi connectivity index (χ2n) is 8.74. The number of carbonyl (C=O) groups excluding carboxylic acids is 3. The molecule has 3 aromatic carbocycles. The van der Waals surface area contributed by atoms with Gasteiger partial charge in [-0.25, -0.2) is 0 Å². The number of nitrogens with one attached hydrogen (secondary N) is 2. The van der Waals surface area contributed by atoms with Gasteiger partial charge in [-0.05, 0) is 48.9 Å². The molecule has 6 nitrogen and oxygen atoms in total. The Bertz CT molecular complexity index is 1180. The molecule has 4 atom stereocenters. The van der Waals surface area contributed by atoms with Gasteiger partial charge in [-0.15, -0.1) is 0 Å². The third kappa shape index (κ3) is 5.03. The quantitative estimate of drug-likeness (QED) is 0.467. The van der Waals surface area contributed by atoms with E-state index in [2.05, 4.69) is 10.6 Å². The van der Waals surface area contributed by atoms with Crippen LogP contribution in [0, 0.1) is 11.8 Å². The highest BCUT2D eigenvalue weighted by Gasteiger charge is 2.55. The van der Waals surface area contributed by atoms with Gasteiger partial charge in [0.1, 0.15) is 11.7 Å². The highest BCUT2D eigenvalue weighted by atomic mass is 35.5. The average Bonchev–Trinajstić information content (AvgIpc) is 2.79. The molecule has 34 heavy (non-hydrogen) atoms. The lowest BCUT2D eigenvalue weighted by molar-refractivity contribution is -0.150. The average molecular weight is 477 g/mol. The molecule has 1 saturated carbocycles. The third-order valence-electron chi connectivity index (χ3n) is 6.17. The number of Topliss-reactive ketones (excluding diaryl/α,β-unsaturated/α-hetero) is 1. The van der Waals surface area contributed by atoms with Gasteiger partial charge in [0.25, 0.3) is 0 Å². The summed E-state index contributed by atoms with van der Waals surface area (Å²) in [6.07, 6.45) is -0.323. The molecule has 0 aromatic heterocycles. The van der Waals surface area contributed by atoms with Crippen molar-refractivity contribution < 1.29 is 19.5 Å². The van der Waals surface area contributed by atoms with Crippen molar-refractivity contribution >= 4 is 40.6 Å². The van der Waals surface area contributed by atoms with Crippen LogP contribution in [-0.2, 0) is 14.4 Å². The number of para-hydroxylation sites is 2. The van der Waals surface area contributed by atoms with Gasteiger partial charge in [-0.2, -0.15) is 0 Å². The van der Waals surface area contributed by atoms with Crippen LogP contribution in [0.25, 0.3) is 0 Å². The monoisotopic (exact) mass is 476 g/mol. The van der Waals surface area contributed by atoms with Crippen molar-refractivity contribution in [3.8, 4) is 0 Å². The van der Waals surface area contributed by atoms with Crippen molar-refractivity contribution in [1.29, 1.82) is 0 Å². The molecule has 1 aliphatic carbocycles. The normalized spacial score (nSPS) is 24.3. The number of aliphatic hydroxyl groups is 1. The maximum Gasteiger partial charge on any atom is 0.235 e. The number of anilines is 2. The molecule has 7 heteroatoms. The first-order valence-electron chi connectivity index (χ1n) is 11.0. The second kappa shape index (κ2) is 9.79. The van der Waals surface area contributed by atoms with Crippen molar-refractivity contribution in [2.45, 2.75) is 24.9 Å². The summed E-state index contributed by atoms with van der Waals surface area (Å²) >= 11 is 6.07. The Hall–Kier alpha value is -3.48. The number of ketones is 1. The Morgan fingerprint density at radius 1 is 0.853 bits per heavy atom. The minimum absolute atomic E-state index is 0.323. The largest absolute Gasteiger partial charge is 0.389 e. The van der Waals surface area contributed by atoms with Crippen molar-refractivity contribution in [2.75, 3.05) is 10.6 Å². The fraction of sp³-hybridized carbons (Fsp3) is 0.222. The summed E-state index contributed by atoms with van der Waals surface area (Å²) in [5.74, 6) is -4.57. The zero-order chi connectivity index (χ0) is 24.3. The molecule has 1 aliphatic rings. The Labute approximate surface area is 203 Å². The number of benzene rings is 3. The van der Waals surface area contributed by atoms with Crippen LogP contribution in [0.3, 0.4) is 0 Å². The molecule has 0 heterocycles. The van der Waals surface area contributed by atoms with E-state index in [9.17, 15) is 19.5 Å². The number of hydrogen-bond donors (Lipinski definition) is 3. The van der Waals surface area contributed by atoms with Gasteiger partial charge < -0.3 is 15.7 Å². The lowest BCUT2D eigenvalue weighted by atomic mass is 9.61. The first-order valence-corrected chi connectivity index (χ1v) is 11.4. The molecule has 0 spiro atoms. The van der Waals surface area contributed by atoms with E-state index in [1.54, 1.807) is 72.8 Å². The number of rotatable bonds is 5. The number of hydrogen-bond acceptors (Lipinski definition) is 4. The number of halogens is 1. The van der Waals surface area contributed by atoms with Gasteiger partial charge in [0, 0.05) is 28.7 Å². The highest BCUT2D eigenvalue weighted by molar-refractivity contribution is 6.30. The minimum Gasteiger partial charge on any atom is -0.389 e. The Kier molecular flexibility index (Phi) is 6.82. The molecule has 0 radical (unpaired) electrons. The molecule has 3 aromatic rings. The summed E-state index contributed by atoms with van der Waals surface area (Å²) in [7, 11) is 0. The van der Waals surface area contributed by atoms with Crippen LogP contribution in [0.15, 0.2) is 84.9 Å². The van der Waals surface area contributed by atoms with Crippen LogP contribution < -0.4 is 10.6 Å². The fourth-order valence-corrected chi connectivity index (χ4v) is 4.79. The molecule has 2 amide bonds. The van der Waals surface area contributed by atoms with E-state index in [1.807, 2.05) is 12.1 Å². The molecule has 0 saturated heterocycles. The predicted molar refractivity (Wildman–Crippen MR) is 132 cm³/mol. The van der Waals surface area contributed by atoms with Gasteiger partial charge in [-0.3, -0.25) is 14.4 Å². The molecule has 0 bridgehead atoms. The van der Waals surface area contributed by atoms with E-state index in [4.69, 9.17) is 11.6 Å². The van der Waals surface area contributed by atoms with Crippen LogP contribution in [0.5, 0.6) is 0 Å². The molecular weight excluding hydrogens is 452 g/mol. The molecule has 0 aliphatic heterocycles. The van der Waals surface area contributed by atoms with E-state index in [1.165, 1.54) is 6.92 Å². The topological polar surface area (TPSA) is 95.5 Å². The highest BCUT2D eigenvalue weighted by Crippen LogP contribution is 2.46. The van der Waals surface area contributed by atoms with Crippen molar-refractivity contribution in [1.82, 2.24) is 0 Å². The van der Waals surface area contributed by atoms with Crippen molar-refractivity contribution in [3.05, 3.63) is 95.5 Å². The van der Waals surface area contributed by atoms with Crippen molar-refractivity contribution in [3.63, 3.8) is 0 Å². The summed E-state index contributed by atoms with van der Waals surface area (Å²) in [5, 5.41) is 17.4. The minimum atomic E-state index is -1.66. The number of amides is 2. The summed E-state index contributed by atoms with van der Waals surface area (Å²) < 4.78 is 0. The summed E-state index contributed by atoms with van der Waals surface area (Å²) in [4.78, 5) is 40.2. The SMILES string of the molecule is C[C@]1(O)CC(=O)[C@H](C(=O)Nc2ccccc2)[C@H](c2ccc(Cl)cc2)[C@H]1C(=O)Nc1ccccc1. The van der Waals surface area contributed by atoms with E-state index >= 15 is 0 Å². The lowest BCUT2D eigenvalue weighted by Gasteiger charge is -2.44. The van der Waals surface area contributed by atoms with Crippen molar-refractivity contribution in [2.24, 2.45) is 11.8 Å². The Morgan fingerprint density at radius 3 is 1.88 bits per heavy atom. The molecular formula is C27H25ClN2O4. The molecule has 0 unspecified atom stereocenters. The maximum atomic E-state index is 13.5. The fourth-order valence-electron chi connectivity index (χ4n) is 4.66. The first kappa shape index (κ1) is 23.7. The zero-order valence-corrected chi connectivity index (χ0v) is 19.3. The molecule has 174 valence electrons. The maximum absolute atomic E-state index is 13.5. The van der Waals surface area contributed by atoms with E-state index in [0.29, 0.717) is 22.0 Å². The Morgan fingerprint density at radius 2 is 1.35 bits per heavy atom. The molecule has 3 N–H and O–H groups in total. The van der Waals surface area contributed by atoms with Gasteiger partial charge in [0.05, 0.1) is 11.5 Å². The Balaban J connectivity index is 1.76. The summed E-state index contributed by atoms with van der Waals surface area (Å²) in [5.41, 5.74) is 0.00122. The van der Waals surface area contributed by atoms with Crippen LogP contribution in [0.1, 0.15) is 24.8 Å². The summed E-state index contributed by atoms with van der Waals surface area (Å²) in [6.45, 7) is 1.47.